The summed E-state index contributed by atoms with van der Waals surface area (Å²) in [5.74, 6) is 2.54. The fourth-order valence-electron chi connectivity index (χ4n) is 8.61. The minimum atomic E-state index is 0.210. The van der Waals surface area contributed by atoms with Crippen LogP contribution >= 0.6 is 15.9 Å². The molecule has 0 N–H and O–H groups in total. The van der Waals surface area contributed by atoms with Gasteiger partial charge in [-0.3, -0.25) is 9.63 Å². The van der Waals surface area contributed by atoms with Crippen LogP contribution in [-0.2, 0) is 9.63 Å². The van der Waals surface area contributed by atoms with Crippen molar-refractivity contribution in [3.05, 3.63) is 40.4 Å². The summed E-state index contributed by atoms with van der Waals surface area (Å²) >= 11 is 3.54. The molecule has 3 aliphatic carbocycles. The van der Waals surface area contributed by atoms with E-state index >= 15 is 0 Å². The number of fused-ring (bicyclic) bond motifs is 7. The molecule has 0 bridgehead atoms. The van der Waals surface area contributed by atoms with Crippen LogP contribution in [0.2, 0.25) is 0 Å². The van der Waals surface area contributed by atoms with Crippen LogP contribution in [0.25, 0.3) is 0 Å². The molecule has 1 amide bonds. The summed E-state index contributed by atoms with van der Waals surface area (Å²) < 4.78 is 1.10. The fraction of sp³-hybridized carbons (Fsp3) is 0.667. The summed E-state index contributed by atoms with van der Waals surface area (Å²) in [6, 6.07) is 8.87. The first-order valence-corrected chi connectivity index (χ1v) is 13.3. The number of rotatable bonds is 1. The SMILES string of the molecule is CN1C(=O)CC[C@]2(C)[C@H]3CC[C@]4(C)C5=CCN(c6ccc(Br)cc6)O[C@@H]5C[C@H]4[C@@H]3CC[C@@H]12. The second kappa shape index (κ2) is 7.33. The number of likely N-dealkylation sites (tertiary alicyclic amines) is 1. The smallest absolute Gasteiger partial charge is 0.222 e. The molecule has 6 rings (SSSR count). The zero-order valence-corrected chi connectivity index (χ0v) is 21.1. The Morgan fingerprint density at radius 2 is 1.84 bits per heavy atom. The number of hydrogen-bond donors (Lipinski definition) is 0. The van der Waals surface area contributed by atoms with Crippen molar-refractivity contribution in [2.24, 2.45) is 28.6 Å². The van der Waals surface area contributed by atoms with Gasteiger partial charge in [0.05, 0.1) is 12.2 Å². The van der Waals surface area contributed by atoms with Crippen molar-refractivity contribution in [2.75, 3.05) is 18.7 Å². The predicted molar refractivity (Wildman–Crippen MR) is 130 cm³/mol. The van der Waals surface area contributed by atoms with Gasteiger partial charge in [-0.15, -0.1) is 0 Å². The Morgan fingerprint density at radius 3 is 2.62 bits per heavy atom. The first-order chi connectivity index (χ1) is 15.3. The summed E-state index contributed by atoms with van der Waals surface area (Å²) in [6.45, 7) is 5.87. The maximum Gasteiger partial charge on any atom is 0.222 e. The van der Waals surface area contributed by atoms with Gasteiger partial charge in [-0.25, -0.2) is 5.06 Å². The second-order valence-corrected chi connectivity index (χ2v) is 12.4. The molecule has 7 atom stereocenters. The molecule has 172 valence electrons. The fourth-order valence-corrected chi connectivity index (χ4v) is 8.87. The van der Waals surface area contributed by atoms with Crippen molar-refractivity contribution < 1.29 is 9.63 Å². The third kappa shape index (κ3) is 2.92. The molecule has 1 saturated heterocycles. The molecule has 0 spiro atoms. The zero-order chi connectivity index (χ0) is 22.3. The van der Waals surface area contributed by atoms with Gasteiger partial charge in [-0.1, -0.05) is 35.9 Å². The highest BCUT2D eigenvalue weighted by Crippen LogP contribution is 2.66. The van der Waals surface area contributed by atoms with Crippen LogP contribution in [0.3, 0.4) is 0 Å². The molecule has 0 radical (unpaired) electrons. The van der Waals surface area contributed by atoms with Crippen LogP contribution in [0, 0.1) is 28.6 Å². The topological polar surface area (TPSA) is 32.8 Å². The van der Waals surface area contributed by atoms with E-state index in [0.717, 1.165) is 47.8 Å². The molecule has 5 heteroatoms. The average Bonchev–Trinajstić information content (AvgIpc) is 3.09. The Hall–Kier alpha value is -1.33. The molecule has 4 nitrogen and oxygen atoms in total. The van der Waals surface area contributed by atoms with Crippen molar-refractivity contribution in [2.45, 2.75) is 70.9 Å². The van der Waals surface area contributed by atoms with Gasteiger partial charge < -0.3 is 4.90 Å². The zero-order valence-electron chi connectivity index (χ0n) is 19.5. The van der Waals surface area contributed by atoms with E-state index in [1.165, 1.54) is 25.7 Å². The molecule has 2 heterocycles. The molecule has 1 aromatic rings. The number of halogens is 1. The normalized spacial score (nSPS) is 43.2. The quantitative estimate of drug-likeness (QED) is 0.447. The molecule has 0 aromatic heterocycles. The Labute approximate surface area is 200 Å². The van der Waals surface area contributed by atoms with Crippen LogP contribution < -0.4 is 5.06 Å². The molecule has 3 saturated carbocycles. The minimum Gasteiger partial charge on any atom is -0.342 e. The first kappa shape index (κ1) is 21.2. The van der Waals surface area contributed by atoms with Crippen molar-refractivity contribution in [1.82, 2.24) is 4.90 Å². The van der Waals surface area contributed by atoms with Crippen LogP contribution in [-0.4, -0.2) is 36.5 Å². The van der Waals surface area contributed by atoms with E-state index in [9.17, 15) is 4.79 Å². The summed E-state index contributed by atoms with van der Waals surface area (Å²) in [4.78, 5) is 21.2. The molecule has 4 fully saturated rings. The maximum atomic E-state index is 12.4. The average molecular weight is 499 g/mol. The van der Waals surface area contributed by atoms with Crippen molar-refractivity contribution in [3.8, 4) is 0 Å². The molecular weight excluding hydrogens is 464 g/mol. The summed E-state index contributed by atoms with van der Waals surface area (Å²) in [5.41, 5.74) is 3.25. The lowest BCUT2D eigenvalue weighted by Crippen LogP contribution is -2.61. The Bertz CT molecular complexity index is 961. The van der Waals surface area contributed by atoms with Gasteiger partial charge in [-0.05, 0) is 96.9 Å². The van der Waals surface area contributed by atoms with Crippen LogP contribution in [0.1, 0.15) is 58.8 Å². The number of hydrogen-bond acceptors (Lipinski definition) is 3. The van der Waals surface area contributed by atoms with Gasteiger partial charge in [0.1, 0.15) is 6.10 Å². The number of benzene rings is 1. The first-order valence-electron chi connectivity index (χ1n) is 12.5. The number of amides is 1. The summed E-state index contributed by atoms with van der Waals surface area (Å²) in [5, 5.41) is 2.08. The Kier molecular flexibility index (Phi) is 4.86. The van der Waals surface area contributed by atoms with Gasteiger partial charge >= 0.3 is 0 Å². The summed E-state index contributed by atoms with van der Waals surface area (Å²) in [6.07, 6.45) is 10.6. The van der Waals surface area contributed by atoms with E-state index < -0.39 is 0 Å². The largest absolute Gasteiger partial charge is 0.342 e. The van der Waals surface area contributed by atoms with Crippen LogP contribution in [0.5, 0.6) is 0 Å². The number of piperidine rings is 1. The highest BCUT2D eigenvalue weighted by Gasteiger charge is 2.62. The lowest BCUT2D eigenvalue weighted by molar-refractivity contribution is -0.156. The lowest BCUT2D eigenvalue weighted by atomic mass is 9.47. The molecule has 0 unspecified atom stereocenters. The number of anilines is 1. The molecule has 5 aliphatic rings. The third-order valence-corrected chi connectivity index (χ3v) is 10.8. The summed E-state index contributed by atoms with van der Waals surface area (Å²) in [7, 11) is 2.05. The number of nitrogens with zero attached hydrogens (tertiary/aromatic N) is 2. The predicted octanol–water partition coefficient (Wildman–Crippen LogP) is 5.97. The van der Waals surface area contributed by atoms with E-state index in [1.807, 2.05) is 0 Å². The number of carbonyl (C=O) groups is 1. The van der Waals surface area contributed by atoms with Gasteiger partial charge in [0.25, 0.3) is 0 Å². The highest BCUT2D eigenvalue weighted by molar-refractivity contribution is 9.10. The molecule has 1 aromatic carbocycles. The molecule has 2 aliphatic heterocycles. The van der Waals surface area contributed by atoms with E-state index in [0.29, 0.717) is 17.9 Å². The van der Waals surface area contributed by atoms with Gasteiger partial charge in [0, 0.05) is 24.0 Å². The van der Waals surface area contributed by atoms with Gasteiger partial charge in [0.2, 0.25) is 5.91 Å². The van der Waals surface area contributed by atoms with E-state index in [-0.39, 0.29) is 16.9 Å². The monoisotopic (exact) mass is 498 g/mol. The van der Waals surface area contributed by atoms with Gasteiger partial charge in [-0.2, -0.15) is 0 Å². The highest BCUT2D eigenvalue weighted by atomic mass is 79.9. The molecule has 32 heavy (non-hydrogen) atoms. The number of hydroxylamine groups is 1. The third-order valence-electron chi connectivity index (χ3n) is 10.3. The standard InChI is InChI=1S/C27H35BrN2O2/c1-26-13-10-20-19(8-9-24-27(20,2)14-11-25(31)29(24)3)22(26)16-23-21(26)12-15-30(32-23)18-6-4-17(28)5-7-18/h4-7,12,19-20,22-24H,8-11,13-16H2,1-3H3/t19-,20+,22+,23-,24-,26-,27-/m1/s1. The Morgan fingerprint density at radius 1 is 1.06 bits per heavy atom. The molecular formula is C27H35BrN2O2. The van der Waals surface area contributed by atoms with Crippen LogP contribution in [0.15, 0.2) is 40.4 Å². The second-order valence-electron chi connectivity index (χ2n) is 11.5. The van der Waals surface area contributed by atoms with Crippen LogP contribution in [0.4, 0.5) is 5.69 Å². The van der Waals surface area contributed by atoms with E-state index in [1.54, 1.807) is 5.57 Å². The minimum absolute atomic E-state index is 0.210. The van der Waals surface area contributed by atoms with Crippen molar-refractivity contribution in [1.29, 1.82) is 0 Å². The lowest BCUT2D eigenvalue weighted by Gasteiger charge is -2.61. The Balaban J connectivity index is 1.26. The maximum absolute atomic E-state index is 12.4. The van der Waals surface area contributed by atoms with E-state index in [2.05, 4.69) is 77.1 Å². The van der Waals surface area contributed by atoms with Crippen molar-refractivity contribution in [3.63, 3.8) is 0 Å². The van der Waals surface area contributed by atoms with E-state index in [4.69, 9.17) is 4.84 Å². The number of carbonyl (C=O) groups excluding carboxylic acids is 1. The van der Waals surface area contributed by atoms with Gasteiger partial charge in [0.15, 0.2) is 0 Å². The van der Waals surface area contributed by atoms with Crippen molar-refractivity contribution >= 4 is 27.5 Å².